The molecule has 1 amide bonds. The van der Waals surface area contributed by atoms with Gasteiger partial charge in [-0.1, -0.05) is 35.7 Å². The van der Waals surface area contributed by atoms with Crippen LogP contribution in [0.5, 0.6) is 0 Å². The lowest BCUT2D eigenvalue weighted by Gasteiger charge is -2.36. The Morgan fingerprint density at radius 3 is 2.86 bits per heavy atom. The number of carbonyl (C=O) groups excluding carboxylic acids is 1. The fraction of sp³-hybridized carbons (Fsp3) is 0.562. The maximum atomic E-state index is 12.6. The van der Waals surface area contributed by atoms with Gasteiger partial charge in [-0.15, -0.1) is 0 Å². The lowest BCUT2D eigenvalue weighted by atomic mass is 10.0. The van der Waals surface area contributed by atoms with Crippen LogP contribution in [0.15, 0.2) is 18.2 Å². The molecule has 2 unspecified atom stereocenters. The smallest absolute Gasteiger partial charge is 0.239 e. The van der Waals surface area contributed by atoms with E-state index in [0.717, 1.165) is 31.4 Å². The standard InChI is InChI=1S/C16H20Cl2N2O2/c17-12-5-4-11(9-13(12)18)15-10-20(7-8-22-15)16(21)14-3-1-2-6-19-14/h4-5,9,14-15,19H,1-3,6-8,10H2. The molecule has 0 aliphatic carbocycles. The molecule has 0 radical (unpaired) electrons. The molecule has 120 valence electrons. The number of carbonyl (C=O) groups is 1. The number of nitrogens with zero attached hydrogens (tertiary/aromatic N) is 1. The van der Waals surface area contributed by atoms with E-state index < -0.39 is 0 Å². The van der Waals surface area contributed by atoms with Crippen LogP contribution < -0.4 is 5.32 Å². The molecule has 2 heterocycles. The van der Waals surface area contributed by atoms with Gasteiger partial charge in [0.2, 0.25) is 5.91 Å². The quantitative estimate of drug-likeness (QED) is 0.898. The number of morpholine rings is 1. The fourth-order valence-electron chi connectivity index (χ4n) is 3.05. The summed E-state index contributed by atoms with van der Waals surface area (Å²) in [5, 5.41) is 4.36. The molecule has 0 aromatic heterocycles. The van der Waals surface area contributed by atoms with E-state index in [2.05, 4.69) is 5.32 Å². The van der Waals surface area contributed by atoms with Crippen LogP contribution >= 0.6 is 23.2 Å². The van der Waals surface area contributed by atoms with E-state index in [1.807, 2.05) is 17.0 Å². The zero-order chi connectivity index (χ0) is 15.5. The van der Waals surface area contributed by atoms with Crippen molar-refractivity contribution in [2.24, 2.45) is 0 Å². The monoisotopic (exact) mass is 342 g/mol. The summed E-state index contributed by atoms with van der Waals surface area (Å²) in [7, 11) is 0. The van der Waals surface area contributed by atoms with Gasteiger partial charge < -0.3 is 15.0 Å². The Hall–Kier alpha value is -0.810. The van der Waals surface area contributed by atoms with Crippen molar-refractivity contribution in [3.63, 3.8) is 0 Å². The Kier molecular flexibility index (Phi) is 5.24. The van der Waals surface area contributed by atoms with Crippen LogP contribution in [-0.4, -0.2) is 43.1 Å². The summed E-state index contributed by atoms with van der Waals surface area (Å²) in [6.07, 6.45) is 3.05. The molecule has 2 saturated heterocycles. The van der Waals surface area contributed by atoms with Crippen molar-refractivity contribution in [1.29, 1.82) is 0 Å². The summed E-state index contributed by atoms with van der Waals surface area (Å²) < 4.78 is 5.81. The van der Waals surface area contributed by atoms with E-state index in [0.29, 0.717) is 29.7 Å². The summed E-state index contributed by atoms with van der Waals surface area (Å²) in [6, 6.07) is 5.46. The number of ether oxygens (including phenoxy) is 1. The van der Waals surface area contributed by atoms with Crippen LogP contribution in [0, 0.1) is 0 Å². The zero-order valence-corrected chi connectivity index (χ0v) is 13.9. The van der Waals surface area contributed by atoms with E-state index in [4.69, 9.17) is 27.9 Å². The van der Waals surface area contributed by atoms with Gasteiger partial charge >= 0.3 is 0 Å². The maximum Gasteiger partial charge on any atom is 0.239 e. The van der Waals surface area contributed by atoms with E-state index >= 15 is 0 Å². The molecule has 4 nitrogen and oxygen atoms in total. The first-order valence-corrected chi connectivity index (χ1v) is 8.49. The number of amides is 1. The van der Waals surface area contributed by atoms with Crippen LogP contribution in [0.2, 0.25) is 10.0 Å². The molecule has 1 aromatic rings. The Balaban J connectivity index is 1.68. The number of hydrogen-bond donors (Lipinski definition) is 1. The molecule has 2 aliphatic heterocycles. The highest BCUT2D eigenvalue weighted by Gasteiger charge is 2.30. The maximum absolute atomic E-state index is 12.6. The predicted octanol–water partition coefficient (Wildman–Crippen LogP) is 3.04. The van der Waals surface area contributed by atoms with Gasteiger partial charge in [0, 0.05) is 6.54 Å². The van der Waals surface area contributed by atoms with Crippen molar-refractivity contribution in [2.45, 2.75) is 31.4 Å². The van der Waals surface area contributed by atoms with Crippen LogP contribution in [0.3, 0.4) is 0 Å². The third-order valence-electron chi connectivity index (χ3n) is 4.30. The normalized spacial score (nSPS) is 26.0. The molecular weight excluding hydrogens is 323 g/mol. The van der Waals surface area contributed by atoms with Crippen molar-refractivity contribution >= 4 is 29.1 Å². The predicted molar refractivity (Wildman–Crippen MR) is 87.4 cm³/mol. The molecule has 6 heteroatoms. The Morgan fingerprint density at radius 1 is 1.27 bits per heavy atom. The average Bonchev–Trinajstić information content (AvgIpc) is 2.57. The van der Waals surface area contributed by atoms with Crippen molar-refractivity contribution in [3.05, 3.63) is 33.8 Å². The van der Waals surface area contributed by atoms with Crippen LogP contribution in [-0.2, 0) is 9.53 Å². The second kappa shape index (κ2) is 7.18. The third kappa shape index (κ3) is 3.57. The van der Waals surface area contributed by atoms with E-state index in [1.165, 1.54) is 0 Å². The first-order valence-electron chi connectivity index (χ1n) is 7.74. The molecule has 2 aliphatic rings. The zero-order valence-electron chi connectivity index (χ0n) is 12.4. The second-order valence-corrected chi connectivity index (χ2v) is 6.63. The Labute approximate surface area is 140 Å². The molecule has 2 fully saturated rings. The van der Waals surface area contributed by atoms with Crippen molar-refractivity contribution < 1.29 is 9.53 Å². The summed E-state index contributed by atoms with van der Waals surface area (Å²) in [6.45, 7) is 2.68. The fourth-order valence-corrected chi connectivity index (χ4v) is 3.35. The highest BCUT2D eigenvalue weighted by atomic mass is 35.5. The minimum Gasteiger partial charge on any atom is -0.370 e. The minimum absolute atomic E-state index is 0.0405. The number of halogens is 2. The number of benzene rings is 1. The molecule has 1 aromatic carbocycles. The van der Waals surface area contributed by atoms with E-state index in [1.54, 1.807) is 6.07 Å². The topological polar surface area (TPSA) is 41.6 Å². The van der Waals surface area contributed by atoms with Crippen molar-refractivity contribution in [1.82, 2.24) is 10.2 Å². The summed E-state index contributed by atoms with van der Waals surface area (Å²) >= 11 is 12.0. The molecule has 3 rings (SSSR count). The van der Waals surface area contributed by atoms with Crippen molar-refractivity contribution in [3.8, 4) is 0 Å². The van der Waals surface area contributed by atoms with Gasteiger partial charge in [0.1, 0.15) is 6.10 Å². The molecule has 2 atom stereocenters. The summed E-state index contributed by atoms with van der Waals surface area (Å²) in [5.41, 5.74) is 0.962. The van der Waals surface area contributed by atoms with Gasteiger partial charge in [-0.05, 0) is 37.1 Å². The number of rotatable bonds is 2. The Bertz CT molecular complexity index is 547. The second-order valence-electron chi connectivity index (χ2n) is 5.82. The first kappa shape index (κ1) is 16.1. The van der Waals surface area contributed by atoms with Gasteiger partial charge in [0.25, 0.3) is 0 Å². The average molecular weight is 343 g/mol. The molecule has 1 N–H and O–H groups in total. The number of hydrogen-bond acceptors (Lipinski definition) is 3. The SMILES string of the molecule is O=C(C1CCCCN1)N1CCOC(c2ccc(Cl)c(Cl)c2)C1. The van der Waals surface area contributed by atoms with Gasteiger partial charge in [-0.3, -0.25) is 4.79 Å². The molecule has 0 saturated carbocycles. The first-order chi connectivity index (χ1) is 10.6. The number of nitrogens with one attached hydrogen (secondary N) is 1. The van der Waals surface area contributed by atoms with E-state index in [-0.39, 0.29) is 18.1 Å². The molecule has 0 bridgehead atoms. The highest BCUT2D eigenvalue weighted by molar-refractivity contribution is 6.42. The largest absolute Gasteiger partial charge is 0.370 e. The Morgan fingerprint density at radius 2 is 2.14 bits per heavy atom. The van der Waals surface area contributed by atoms with Gasteiger partial charge in [0.15, 0.2) is 0 Å². The lowest BCUT2D eigenvalue weighted by molar-refractivity contribution is -0.141. The van der Waals surface area contributed by atoms with Crippen molar-refractivity contribution in [2.75, 3.05) is 26.2 Å². The van der Waals surface area contributed by atoms with Crippen LogP contribution in [0.4, 0.5) is 0 Å². The van der Waals surface area contributed by atoms with Gasteiger partial charge in [-0.2, -0.15) is 0 Å². The van der Waals surface area contributed by atoms with E-state index in [9.17, 15) is 4.79 Å². The lowest BCUT2D eigenvalue weighted by Crippen LogP contribution is -2.52. The van der Waals surface area contributed by atoms with Crippen LogP contribution in [0.1, 0.15) is 30.9 Å². The highest BCUT2D eigenvalue weighted by Crippen LogP contribution is 2.29. The summed E-state index contributed by atoms with van der Waals surface area (Å²) in [4.78, 5) is 14.5. The molecular formula is C16H20Cl2N2O2. The number of piperidine rings is 1. The van der Waals surface area contributed by atoms with Gasteiger partial charge in [-0.25, -0.2) is 0 Å². The third-order valence-corrected chi connectivity index (χ3v) is 5.04. The molecule has 0 spiro atoms. The van der Waals surface area contributed by atoms with Gasteiger partial charge in [0.05, 0.1) is 29.2 Å². The van der Waals surface area contributed by atoms with Crippen LogP contribution in [0.25, 0.3) is 0 Å². The summed E-state index contributed by atoms with van der Waals surface area (Å²) in [5.74, 6) is 0.188. The molecule has 22 heavy (non-hydrogen) atoms. The minimum atomic E-state index is -0.143.